The third kappa shape index (κ3) is 3.60. The number of allylic oxidation sites excluding steroid dienone is 2. The molecule has 0 aromatic rings. The molecule has 0 amide bonds. The molecular formula is C11H22ClNO. The molecule has 0 saturated carbocycles. The fraction of sp³-hybridized carbons (Fsp3) is 0.818. The zero-order chi connectivity index (χ0) is 9.84. The number of hydrogen-bond donors (Lipinski definition) is 2. The Morgan fingerprint density at radius 3 is 2.79 bits per heavy atom. The molecule has 3 unspecified atom stereocenters. The SMILES string of the molecule is CC1=CCCC(C)C1CC(N)CO.Cl. The second kappa shape index (κ2) is 6.44. The molecule has 84 valence electrons. The lowest BCUT2D eigenvalue weighted by molar-refractivity contribution is 0.231. The highest BCUT2D eigenvalue weighted by Gasteiger charge is 2.23. The monoisotopic (exact) mass is 219 g/mol. The summed E-state index contributed by atoms with van der Waals surface area (Å²) >= 11 is 0. The van der Waals surface area contributed by atoms with E-state index in [-0.39, 0.29) is 25.1 Å². The Kier molecular flexibility index (Phi) is 6.41. The molecule has 14 heavy (non-hydrogen) atoms. The molecule has 0 bridgehead atoms. The molecule has 2 nitrogen and oxygen atoms in total. The molecule has 0 aliphatic heterocycles. The van der Waals surface area contributed by atoms with E-state index in [9.17, 15) is 0 Å². The Labute approximate surface area is 93.0 Å². The van der Waals surface area contributed by atoms with Crippen LogP contribution in [-0.4, -0.2) is 17.8 Å². The first-order valence-electron chi connectivity index (χ1n) is 5.18. The second-order valence-electron chi connectivity index (χ2n) is 4.29. The first-order chi connectivity index (χ1) is 6.15. The minimum absolute atomic E-state index is 0. The minimum atomic E-state index is -0.0473. The van der Waals surface area contributed by atoms with E-state index < -0.39 is 0 Å². The van der Waals surface area contributed by atoms with Crippen LogP contribution < -0.4 is 5.73 Å². The number of nitrogens with two attached hydrogens (primary N) is 1. The first-order valence-corrected chi connectivity index (χ1v) is 5.18. The molecule has 3 heteroatoms. The van der Waals surface area contributed by atoms with E-state index in [1.807, 2.05) is 0 Å². The van der Waals surface area contributed by atoms with Crippen LogP contribution in [0.3, 0.4) is 0 Å². The predicted molar refractivity (Wildman–Crippen MR) is 62.6 cm³/mol. The maximum atomic E-state index is 8.89. The molecule has 0 saturated heterocycles. The van der Waals surface area contributed by atoms with Gasteiger partial charge < -0.3 is 10.8 Å². The molecule has 3 atom stereocenters. The first kappa shape index (κ1) is 13.9. The smallest absolute Gasteiger partial charge is 0.0582 e. The van der Waals surface area contributed by atoms with E-state index in [4.69, 9.17) is 10.8 Å². The molecular weight excluding hydrogens is 198 g/mol. The molecule has 3 N–H and O–H groups in total. The topological polar surface area (TPSA) is 46.2 Å². The highest BCUT2D eigenvalue weighted by atomic mass is 35.5. The summed E-state index contributed by atoms with van der Waals surface area (Å²) in [6, 6.07) is -0.0473. The summed E-state index contributed by atoms with van der Waals surface area (Å²) < 4.78 is 0. The predicted octanol–water partition coefficient (Wildman–Crippen LogP) is 2.11. The minimum Gasteiger partial charge on any atom is -0.395 e. The lowest BCUT2D eigenvalue weighted by Gasteiger charge is -2.30. The zero-order valence-corrected chi connectivity index (χ0v) is 9.89. The van der Waals surface area contributed by atoms with Gasteiger partial charge in [0.2, 0.25) is 0 Å². The van der Waals surface area contributed by atoms with Gasteiger partial charge in [-0.15, -0.1) is 12.4 Å². The summed E-state index contributed by atoms with van der Waals surface area (Å²) in [5.74, 6) is 1.32. The van der Waals surface area contributed by atoms with Crippen LogP contribution >= 0.6 is 12.4 Å². The largest absolute Gasteiger partial charge is 0.395 e. The van der Waals surface area contributed by atoms with Crippen molar-refractivity contribution in [3.05, 3.63) is 11.6 Å². The zero-order valence-electron chi connectivity index (χ0n) is 9.07. The molecule has 1 rings (SSSR count). The van der Waals surface area contributed by atoms with Gasteiger partial charge in [0.1, 0.15) is 0 Å². The van der Waals surface area contributed by atoms with Crippen molar-refractivity contribution in [1.82, 2.24) is 0 Å². The summed E-state index contributed by atoms with van der Waals surface area (Å²) in [5, 5.41) is 8.89. The quantitative estimate of drug-likeness (QED) is 0.715. The van der Waals surface area contributed by atoms with Crippen LogP contribution in [0.4, 0.5) is 0 Å². The van der Waals surface area contributed by atoms with Crippen LogP contribution in [-0.2, 0) is 0 Å². The van der Waals surface area contributed by atoms with Crippen molar-refractivity contribution in [2.75, 3.05) is 6.61 Å². The standard InChI is InChI=1S/C11H21NO.ClH/c1-8-4-3-5-9(2)11(8)6-10(12)7-13;/h4,9-11,13H,3,5-7,12H2,1-2H3;1H. The summed E-state index contributed by atoms with van der Waals surface area (Å²) in [6.07, 6.45) is 5.72. The fourth-order valence-corrected chi connectivity index (χ4v) is 2.19. The number of aliphatic hydroxyl groups is 1. The van der Waals surface area contributed by atoms with Crippen LogP contribution in [0.25, 0.3) is 0 Å². The van der Waals surface area contributed by atoms with E-state index in [1.165, 1.54) is 18.4 Å². The van der Waals surface area contributed by atoms with Gasteiger partial charge in [0.25, 0.3) is 0 Å². The van der Waals surface area contributed by atoms with Gasteiger partial charge >= 0.3 is 0 Å². The number of hydrogen-bond acceptors (Lipinski definition) is 2. The highest BCUT2D eigenvalue weighted by molar-refractivity contribution is 5.85. The summed E-state index contributed by atoms with van der Waals surface area (Å²) in [7, 11) is 0. The van der Waals surface area contributed by atoms with Crippen LogP contribution in [0, 0.1) is 11.8 Å². The average Bonchev–Trinajstić information content (AvgIpc) is 2.11. The number of aliphatic hydroxyl groups excluding tert-OH is 1. The van der Waals surface area contributed by atoms with Gasteiger partial charge in [-0.2, -0.15) is 0 Å². The Bertz CT molecular complexity index is 194. The summed E-state index contributed by atoms with van der Waals surface area (Å²) in [6.45, 7) is 4.58. The molecule has 0 heterocycles. The average molecular weight is 220 g/mol. The van der Waals surface area contributed by atoms with Crippen molar-refractivity contribution in [2.24, 2.45) is 17.6 Å². The Morgan fingerprint density at radius 1 is 1.64 bits per heavy atom. The Balaban J connectivity index is 0.00000169. The van der Waals surface area contributed by atoms with Crippen LogP contribution in [0.2, 0.25) is 0 Å². The molecule has 1 aliphatic carbocycles. The van der Waals surface area contributed by atoms with Crippen molar-refractivity contribution < 1.29 is 5.11 Å². The summed E-state index contributed by atoms with van der Waals surface area (Å²) in [5.41, 5.74) is 7.21. The Morgan fingerprint density at radius 2 is 2.29 bits per heavy atom. The van der Waals surface area contributed by atoms with E-state index >= 15 is 0 Å². The van der Waals surface area contributed by atoms with Crippen molar-refractivity contribution in [3.63, 3.8) is 0 Å². The van der Waals surface area contributed by atoms with Gasteiger partial charge in [-0.25, -0.2) is 0 Å². The maximum Gasteiger partial charge on any atom is 0.0582 e. The molecule has 0 aromatic carbocycles. The third-order valence-electron chi connectivity index (χ3n) is 3.15. The number of rotatable bonds is 3. The molecule has 0 aromatic heterocycles. The highest BCUT2D eigenvalue weighted by Crippen LogP contribution is 2.32. The summed E-state index contributed by atoms with van der Waals surface area (Å²) in [4.78, 5) is 0. The lowest BCUT2D eigenvalue weighted by Crippen LogP contribution is -2.31. The van der Waals surface area contributed by atoms with E-state index in [0.717, 1.165) is 12.3 Å². The molecule has 0 radical (unpaired) electrons. The molecule has 1 aliphatic rings. The fourth-order valence-electron chi connectivity index (χ4n) is 2.19. The molecule has 0 spiro atoms. The van der Waals surface area contributed by atoms with Gasteiger partial charge in [0.15, 0.2) is 0 Å². The third-order valence-corrected chi connectivity index (χ3v) is 3.15. The van der Waals surface area contributed by atoms with Gasteiger partial charge in [-0.1, -0.05) is 18.6 Å². The molecule has 0 fully saturated rings. The van der Waals surface area contributed by atoms with Gasteiger partial charge in [0, 0.05) is 6.04 Å². The van der Waals surface area contributed by atoms with Gasteiger partial charge in [0.05, 0.1) is 6.61 Å². The normalized spacial score (nSPS) is 29.0. The van der Waals surface area contributed by atoms with Crippen LogP contribution in [0.15, 0.2) is 11.6 Å². The van der Waals surface area contributed by atoms with Crippen molar-refractivity contribution in [2.45, 2.75) is 39.2 Å². The van der Waals surface area contributed by atoms with E-state index in [1.54, 1.807) is 0 Å². The van der Waals surface area contributed by atoms with Crippen LogP contribution in [0.1, 0.15) is 33.1 Å². The van der Waals surface area contributed by atoms with Crippen molar-refractivity contribution in [3.8, 4) is 0 Å². The van der Waals surface area contributed by atoms with E-state index in [2.05, 4.69) is 19.9 Å². The van der Waals surface area contributed by atoms with Crippen molar-refractivity contribution >= 4 is 12.4 Å². The lowest BCUT2D eigenvalue weighted by atomic mass is 9.77. The van der Waals surface area contributed by atoms with E-state index in [0.29, 0.717) is 5.92 Å². The Hall–Kier alpha value is -0.0500. The van der Waals surface area contributed by atoms with Gasteiger partial charge in [-0.3, -0.25) is 0 Å². The van der Waals surface area contributed by atoms with Crippen LogP contribution in [0.5, 0.6) is 0 Å². The second-order valence-corrected chi connectivity index (χ2v) is 4.29. The number of halogens is 1. The maximum absolute atomic E-state index is 8.89. The van der Waals surface area contributed by atoms with Crippen molar-refractivity contribution in [1.29, 1.82) is 0 Å². The van der Waals surface area contributed by atoms with Gasteiger partial charge in [-0.05, 0) is 38.0 Å².